The highest BCUT2D eigenvalue weighted by molar-refractivity contribution is 8.13. The number of rotatable bonds is 4. The molecule has 0 bridgehead atoms. The minimum atomic E-state index is -3.85. The third kappa shape index (κ3) is 4.39. The van der Waals surface area contributed by atoms with Gasteiger partial charge in [-0.05, 0) is 37.1 Å². The average molecular weight is 321 g/mol. The summed E-state index contributed by atoms with van der Waals surface area (Å²) < 4.78 is 27.9. The third-order valence-electron chi connectivity index (χ3n) is 2.31. The number of benzene rings is 1. The van der Waals surface area contributed by atoms with E-state index in [4.69, 9.17) is 21.2 Å². The molecule has 0 aliphatic carbocycles. The Morgan fingerprint density at radius 3 is 2.20 bits per heavy atom. The van der Waals surface area contributed by atoms with E-state index in [2.05, 4.69) is 0 Å². The van der Waals surface area contributed by atoms with Crippen LogP contribution in [0.25, 0.3) is 0 Å². The fraction of sp³-hybridized carbons (Fsp3) is 0.273. The lowest BCUT2D eigenvalue weighted by molar-refractivity contribution is -0.121. The van der Waals surface area contributed by atoms with E-state index in [0.717, 1.165) is 0 Å². The summed E-state index contributed by atoms with van der Waals surface area (Å²) >= 11 is 0. The summed E-state index contributed by atoms with van der Waals surface area (Å²) in [7, 11) is 1.47. The van der Waals surface area contributed by atoms with Crippen LogP contribution < -0.4 is 15.8 Å². The molecule has 110 valence electrons. The van der Waals surface area contributed by atoms with Gasteiger partial charge >= 0.3 is 6.03 Å². The molecule has 1 aromatic carbocycles. The smallest absolute Gasteiger partial charge is 0.318 e. The molecule has 0 aromatic heterocycles. The summed E-state index contributed by atoms with van der Waals surface area (Å²) in [4.78, 5) is 21.6. The van der Waals surface area contributed by atoms with Crippen LogP contribution >= 0.6 is 10.7 Å². The van der Waals surface area contributed by atoms with Gasteiger partial charge in [0.15, 0.2) is 6.61 Å². The predicted octanol–water partition coefficient (Wildman–Crippen LogP) is 0.805. The summed E-state index contributed by atoms with van der Waals surface area (Å²) in [5.74, 6) is -0.425. The molecular weight excluding hydrogens is 308 g/mol. The first-order chi connectivity index (χ1) is 9.11. The van der Waals surface area contributed by atoms with Crippen LogP contribution in [0.1, 0.15) is 11.1 Å². The Morgan fingerprint density at radius 2 is 1.80 bits per heavy atom. The van der Waals surface area contributed by atoms with Crippen molar-refractivity contribution in [2.45, 2.75) is 18.7 Å². The van der Waals surface area contributed by atoms with Gasteiger partial charge in [0.1, 0.15) is 5.75 Å². The van der Waals surface area contributed by atoms with Crippen LogP contribution in [0, 0.1) is 13.8 Å². The number of nitrogens with one attached hydrogen (secondary N) is 1. The van der Waals surface area contributed by atoms with Crippen LogP contribution in [-0.2, 0) is 13.8 Å². The van der Waals surface area contributed by atoms with Gasteiger partial charge in [-0.2, -0.15) is 0 Å². The number of aryl methyl sites for hydroxylation is 2. The Bertz CT molecular complexity index is 634. The highest BCUT2D eigenvalue weighted by atomic mass is 35.7. The molecule has 0 heterocycles. The SMILES string of the molecule is Cc1cc(OCC(=O)NC(N)=O)cc(C)c1S(=O)(=O)Cl. The molecule has 1 aromatic rings. The summed E-state index contributed by atoms with van der Waals surface area (Å²) in [5.41, 5.74) is 5.56. The van der Waals surface area contributed by atoms with E-state index in [1.54, 1.807) is 13.8 Å². The van der Waals surface area contributed by atoms with E-state index in [-0.39, 0.29) is 10.6 Å². The molecule has 0 spiro atoms. The molecule has 0 atom stereocenters. The number of imide groups is 1. The van der Waals surface area contributed by atoms with Crippen molar-refractivity contribution in [1.29, 1.82) is 0 Å². The van der Waals surface area contributed by atoms with E-state index in [0.29, 0.717) is 11.1 Å². The largest absolute Gasteiger partial charge is 0.484 e. The van der Waals surface area contributed by atoms with Crippen molar-refractivity contribution in [3.8, 4) is 5.75 Å². The molecule has 3 N–H and O–H groups in total. The highest BCUT2D eigenvalue weighted by Crippen LogP contribution is 2.28. The summed E-state index contributed by atoms with van der Waals surface area (Å²) in [6.07, 6.45) is 0. The molecule has 3 amide bonds. The maximum Gasteiger partial charge on any atom is 0.318 e. The molecule has 9 heteroatoms. The number of hydrogen-bond donors (Lipinski definition) is 2. The standard InChI is InChI=1S/C11H13ClN2O5S/c1-6-3-8(19-5-9(15)14-11(13)16)4-7(2)10(6)20(12,17)18/h3-4H,5H2,1-2H3,(H3,13,14,15,16). The van der Waals surface area contributed by atoms with Crippen molar-refractivity contribution in [2.24, 2.45) is 5.73 Å². The molecule has 0 fully saturated rings. The topological polar surface area (TPSA) is 116 Å². The lowest BCUT2D eigenvalue weighted by atomic mass is 10.1. The van der Waals surface area contributed by atoms with Crippen molar-refractivity contribution in [2.75, 3.05) is 6.61 Å². The van der Waals surface area contributed by atoms with Gasteiger partial charge in [-0.15, -0.1) is 0 Å². The van der Waals surface area contributed by atoms with E-state index in [1.165, 1.54) is 12.1 Å². The minimum absolute atomic E-state index is 0.00750. The van der Waals surface area contributed by atoms with Crippen LogP contribution in [0.15, 0.2) is 17.0 Å². The molecule has 20 heavy (non-hydrogen) atoms. The fourth-order valence-electron chi connectivity index (χ4n) is 1.70. The maximum atomic E-state index is 11.4. The van der Waals surface area contributed by atoms with Gasteiger partial charge in [0.05, 0.1) is 4.90 Å². The minimum Gasteiger partial charge on any atom is -0.484 e. The molecule has 0 unspecified atom stereocenters. The van der Waals surface area contributed by atoms with Crippen LogP contribution in [0.4, 0.5) is 4.79 Å². The Morgan fingerprint density at radius 1 is 1.30 bits per heavy atom. The van der Waals surface area contributed by atoms with Gasteiger partial charge in [0.25, 0.3) is 15.0 Å². The zero-order valence-electron chi connectivity index (χ0n) is 10.8. The number of hydrogen-bond acceptors (Lipinski definition) is 5. The van der Waals surface area contributed by atoms with Crippen molar-refractivity contribution in [1.82, 2.24) is 5.32 Å². The number of urea groups is 1. The Kier molecular flexibility index (Phi) is 4.96. The molecule has 0 saturated heterocycles. The number of nitrogens with two attached hydrogens (primary N) is 1. The van der Waals surface area contributed by atoms with Crippen molar-refractivity contribution in [3.63, 3.8) is 0 Å². The van der Waals surface area contributed by atoms with E-state index >= 15 is 0 Å². The quantitative estimate of drug-likeness (QED) is 0.796. The van der Waals surface area contributed by atoms with Crippen LogP contribution in [0.2, 0.25) is 0 Å². The second kappa shape index (κ2) is 6.10. The number of amides is 3. The monoisotopic (exact) mass is 320 g/mol. The Hall–Kier alpha value is -1.80. The summed E-state index contributed by atoms with van der Waals surface area (Å²) in [6, 6.07) is 1.88. The first kappa shape index (κ1) is 16.3. The normalized spacial score (nSPS) is 10.9. The second-order valence-electron chi connectivity index (χ2n) is 4.03. The van der Waals surface area contributed by atoms with E-state index < -0.39 is 27.6 Å². The first-order valence-electron chi connectivity index (χ1n) is 5.39. The van der Waals surface area contributed by atoms with E-state index in [9.17, 15) is 18.0 Å². The molecule has 0 radical (unpaired) electrons. The van der Waals surface area contributed by atoms with Crippen LogP contribution in [0.3, 0.4) is 0 Å². The maximum absolute atomic E-state index is 11.4. The lowest BCUT2D eigenvalue weighted by Crippen LogP contribution is -2.38. The molecule has 1 rings (SSSR count). The average Bonchev–Trinajstić information content (AvgIpc) is 2.22. The summed E-state index contributed by atoms with van der Waals surface area (Å²) in [6.45, 7) is 2.69. The van der Waals surface area contributed by atoms with Gasteiger partial charge in [-0.25, -0.2) is 13.2 Å². The van der Waals surface area contributed by atoms with Crippen LogP contribution in [-0.4, -0.2) is 27.0 Å². The van der Waals surface area contributed by atoms with Crippen LogP contribution in [0.5, 0.6) is 5.75 Å². The third-order valence-corrected chi connectivity index (χ3v) is 3.90. The fourth-order valence-corrected chi connectivity index (χ4v) is 3.32. The van der Waals surface area contributed by atoms with E-state index in [1.807, 2.05) is 5.32 Å². The summed E-state index contributed by atoms with van der Waals surface area (Å²) in [5, 5.41) is 1.84. The van der Waals surface area contributed by atoms with Crippen molar-refractivity contribution < 1.29 is 22.7 Å². The number of ether oxygens (including phenoxy) is 1. The lowest BCUT2D eigenvalue weighted by Gasteiger charge is -2.11. The molecular formula is C11H13ClN2O5S. The number of primary amides is 1. The van der Waals surface area contributed by atoms with Crippen molar-refractivity contribution in [3.05, 3.63) is 23.3 Å². The van der Waals surface area contributed by atoms with Gasteiger partial charge in [-0.1, -0.05) is 0 Å². The predicted molar refractivity (Wildman–Crippen MR) is 72.2 cm³/mol. The molecule has 0 saturated carbocycles. The first-order valence-corrected chi connectivity index (χ1v) is 7.70. The highest BCUT2D eigenvalue weighted by Gasteiger charge is 2.18. The zero-order valence-corrected chi connectivity index (χ0v) is 12.3. The Balaban J connectivity index is 2.90. The van der Waals surface area contributed by atoms with Crippen molar-refractivity contribution >= 4 is 31.7 Å². The zero-order chi connectivity index (χ0) is 15.5. The molecule has 0 aliphatic heterocycles. The second-order valence-corrected chi connectivity index (χ2v) is 6.53. The number of halogens is 1. The molecule has 0 aliphatic rings. The number of carbonyl (C=O) groups excluding carboxylic acids is 2. The van der Waals surface area contributed by atoms with Gasteiger partial charge in [-0.3, -0.25) is 10.1 Å². The molecule has 7 nitrogen and oxygen atoms in total. The van der Waals surface area contributed by atoms with Gasteiger partial charge in [0, 0.05) is 10.7 Å². The Labute approximate surface area is 120 Å². The van der Waals surface area contributed by atoms with Gasteiger partial charge in [0.2, 0.25) is 0 Å². The van der Waals surface area contributed by atoms with Gasteiger partial charge < -0.3 is 10.5 Å². The number of carbonyl (C=O) groups is 2.